The van der Waals surface area contributed by atoms with Crippen LogP contribution in [0.2, 0.25) is 0 Å². The molecule has 128 valence electrons. The number of likely N-dealkylation sites (tertiary alicyclic amines) is 1. The monoisotopic (exact) mass is 331 g/mol. The first kappa shape index (κ1) is 16.3. The molecule has 7 heteroatoms. The second-order valence-corrected chi connectivity index (χ2v) is 5.98. The van der Waals surface area contributed by atoms with Crippen molar-refractivity contribution in [3.05, 3.63) is 30.2 Å². The van der Waals surface area contributed by atoms with E-state index in [1.807, 2.05) is 24.3 Å². The average molecular weight is 331 g/mol. The van der Waals surface area contributed by atoms with Crippen LogP contribution in [0.4, 0.5) is 4.79 Å². The van der Waals surface area contributed by atoms with Crippen molar-refractivity contribution in [3.8, 4) is 0 Å². The molecule has 0 aliphatic carbocycles. The van der Waals surface area contributed by atoms with Crippen molar-refractivity contribution >= 4 is 23.1 Å². The number of benzene rings is 1. The number of methoxy groups -OCH3 is 1. The molecule has 0 radical (unpaired) electrons. The summed E-state index contributed by atoms with van der Waals surface area (Å²) < 4.78 is 10.4. The molecule has 0 saturated carbocycles. The van der Waals surface area contributed by atoms with E-state index in [0.29, 0.717) is 13.1 Å². The Morgan fingerprint density at radius 2 is 2.04 bits per heavy atom. The molecule has 1 aromatic carbocycles. The number of rotatable bonds is 3. The number of carbonyl (C=O) groups is 2. The lowest BCUT2D eigenvalue weighted by Gasteiger charge is -2.31. The number of oxazole rings is 1. The third-order valence-corrected chi connectivity index (χ3v) is 4.34. The molecule has 1 fully saturated rings. The molecule has 2 amide bonds. The highest BCUT2D eigenvalue weighted by Gasteiger charge is 2.28. The number of ether oxygens (including phenoxy) is 1. The fourth-order valence-electron chi connectivity index (χ4n) is 2.91. The maximum absolute atomic E-state index is 12.2. The minimum absolute atomic E-state index is 0.208. The number of esters is 1. The third-order valence-electron chi connectivity index (χ3n) is 4.34. The molecule has 1 aliphatic rings. The van der Waals surface area contributed by atoms with Gasteiger partial charge in [0.05, 0.1) is 7.11 Å². The van der Waals surface area contributed by atoms with Gasteiger partial charge >= 0.3 is 12.0 Å². The number of urea groups is 1. The normalized spacial score (nSPS) is 16.8. The molecular weight excluding hydrogens is 310 g/mol. The molecule has 0 bridgehead atoms. The van der Waals surface area contributed by atoms with Crippen molar-refractivity contribution in [1.29, 1.82) is 0 Å². The van der Waals surface area contributed by atoms with Crippen molar-refractivity contribution in [1.82, 2.24) is 15.2 Å². The quantitative estimate of drug-likeness (QED) is 0.872. The Labute approximate surface area is 140 Å². The first-order valence-corrected chi connectivity index (χ1v) is 8.07. The summed E-state index contributed by atoms with van der Waals surface area (Å²) in [4.78, 5) is 29.8. The van der Waals surface area contributed by atoms with Gasteiger partial charge in [0.1, 0.15) is 11.6 Å². The molecular formula is C17H21N3O4. The van der Waals surface area contributed by atoms with E-state index in [1.54, 1.807) is 11.8 Å². The van der Waals surface area contributed by atoms with Gasteiger partial charge in [-0.05, 0) is 31.9 Å². The fraction of sp³-hybridized carbons (Fsp3) is 0.471. The van der Waals surface area contributed by atoms with Gasteiger partial charge in [0.2, 0.25) is 0 Å². The number of aromatic nitrogens is 1. The number of para-hydroxylation sites is 2. The number of hydrogen-bond donors (Lipinski definition) is 1. The second kappa shape index (κ2) is 6.90. The fourth-order valence-corrected chi connectivity index (χ4v) is 2.91. The van der Waals surface area contributed by atoms with Gasteiger partial charge in [-0.25, -0.2) is 14.6 Å². The van der Waals surface area contributed by atoms with Crippen LogP contribution in [-0.2, 0) is 9.53 Å². The summed E-state index contributed by atoms with van der Waals surface area (Å²) in [5.74, 6) is 0.489. The predicted octanol–water partition coefficient (Wildman–Crippen LogP) is 2.28. The van der Waals surface area contributed by atoms with Crippen LogP contribution in [0.5, 0.6) is 0 Å². The van der Waals surface area contributed by atoms with E-state index < -0.39 is 12.0 Å². The molecule has 1 aromatic heterocycles. The van der Waals surface area contributed by atoms with Crippen LogP contribution in [0.1, 0.15) is 31.6 Å². The van der Waals surface area contributed by atoms with E-state index in [2.05, 4.69) is 15.0 Å². The Morgan fingerprint density at radius 1 is 1.33 bits per heavy atom. The molecule has 1 atom stereocenters. The van der Waals surface area contributed by atoms with Crippen molar-refractivity contribution in [3.63, 3.8) is 0 Å². The highest BCUT2D eigenvalue weighted by Crippen LogP contribution is 2.29. The summed E-state index contributed by atoms with van der Waals surface area (Å²) in [5, 5.41) is 2.65. The molecule has 1 saturated heterocycles. The van der Waals surface area contributed by atoms with Crippen molar-refractivity contribution < 1.29 is 18.7 Å². The number of hydrogen-bond acceptors (Lipinski definition) is 5. The van der Waals surface area contributed by atoms with Gasteiger partial charge < -0.3 is 19.4 Å². The summed E-state index contributed by atoms with van der Waals surface area (Å²) in [6.45, 7) is 2.81. The van der Waals surface area contributed by atoms with Gasteiger partial charge in [0.15, 0.2) is 11.5 Å². The molecule has 3 rings (SSSR count). The lowest BCUT2D eigenvalue weighted by molar-refractivity contribution is -0.142. The van der Waals surface area contributed by atoms with Crippen molar-refractivity contribution in [2.45, 2.75) is 31.7 Å². The zero-order chi connectivity index (χ0) is 17.1. The van der Waals surface area contributed by atoms with E-state index in [0.717, 1.165) is 29.8 Å². The summed E-state index contributed by atoms with van der Waals surface area (Å²) in [6.07, 6.45) is 1.57. The summed E-state index contributed by atoms with van der Waals surface area (Å²) in [7, 11) is 1.30. The smallest absolute Gasteiger partial charge is 0.328 e. The first-order valence-electron chi connectivity index (χ1n) is 8.07. The molecule has 1 N–H and O–H groups in total. The SMILES string of the molecule is COC(=O)C(C)NC(=O)N1CCC(c2nc3ccccc3o2)CC1. The van der Waals surface area contributed by atoms with E-state index in [9.17, 15) is 9.59 Å². The van der Waals surface area contributed by atoms with Crippen LogP contribution in [-0.4, -0.2) is 48.1 Å². The van der Waals surface area contributed by atoms with Gasteiger partial charge in [-0.1, -0.05) is 12.1 Å². The van der Waals surface area contributed by atoms with Gasteiger partial charge in [-0.2, -0.15) is 0 Å². The Balaban J connectivity index is 1.57. The number of piperidine rings is 1. The number of amides is 2. The van der Waals surface area contributed by atoms with Crippen LogP contribution in [0.15, 0.2) is 28.7 Å². The standard InChI is InChI=1S/C17H21N3O4/c1-11(16(21)23-2)18-17(22)20-9-7-12(8-10-20)15-19-13-5-3-4-6-14(13)24-15/h3-6,11-12H,7-10H2,1-2H3,(H,18,22). The van der Waals surface area contributed by atoms with Crippen LogP contribution >= 0.6 is 0 Å². The zero-order valence-electron chi connectivity index (χ0n) is 13.8. The Hall–Kier alpha value is -2.57. The minimum atomic E-state index is -0.655. The maximum Gasteiger partial charge on any atom is 0.328 e. The minimum Gasteiger partial charge on any atom is -0.467 e. The van der Waals surface area contributed by atoms with E-state index in [4.69, 9.17) is 4.42 Å². The maximum atomic E-state index is 12.2. The number of fused-ring (bicyclic) bond motifs is 1. The van der Waals surface area contributed by atoms with Crippen LogP contribution < -0.4 is 5.32 Å². The first-order chi connectivity index (χ1) is 11.6. The predicted molar refractivity (Wildman–Crippen MR) is 87.6 cm³/mol. The third kappa shape index (κ3) is 3.34. The summed E-state index contributed by atoms with van der Waals surface area (Å²) in [6, 6.07) is 6.79. The topological polar surface area (TPSA) is 84.7 Å². The average Bonchev–Trinajstić information content (AvgIpc) is 3.05. The van der Waals surface area contributed by atoms with Crippen LogP contribution in [0, 0.1) is 0 Å². The Kier molecular flexibility index (Phi) is 4.69. The molecule has 2 heterocycles. The van der Waals surface area contributed by atoms with E-state index >= 15 is 0 Å². The Bertz CT molecular complexity index is 701. The molecule has 24 heavy (non-hydrogen) atoms. The lowest BCUT2D eigenvalue weighted by atomic mass is 9.97. The molecule has 2 aromatic rings. The lowest BCUT2D eigenvalue weighted by Crippen LogP contribution is -2.49. The molecule has 0 spiro atoms. The highest BCUT2D eigenvalue weighted by molar-refractivity contribution is 5.83. The number of carbonyl (C=O) groups excluding carboxylic acids is 2. The van der Waals surface area contributed by atoms with Gasteiger partial charge in [-0.15, -0.1) is 0 Å². The second-order valence-electron chi connectivity index (χ2n) is 5.98. The van der Waals surface area contributed by atoms with E-state index in [1.165, 1.54) is 7.11 Å². The molecule has 7 nitrogen and oxygen atoms in total. The Morgan fingerprint density at radius 3 is 2.71 bits per heavy atom. The van der Waals surface area contributed by atoms with Crippen LogP contribution in [0.3, 0.4) is 0 Å². The van der Waals surface area contributed by atoms with Crippen molar-refractivity contribution in [2.75, 3.05) is 20.2 Å². The van der Waals surface area contributed by atoms with Gasteiger partial charge in [0, 0.05) is 19.0 Å². The highest BCUT2D eigenvalue weighted by atomic mass is 16.5. The van der Waals surface area contributed by atoms with E-state index in [-0.39, 0.29) is 11.9 Å². The number of nitrogens with zero attached hydrogens (tertiary/aromatic N) is 2. The van der Waals surface area contributed by atoms with Crippen LogP contribution in [0.25, 0.3) is 11.1 Å². The van der Waals surface area contributed by atoms with Gasteiger partial charge in [0.25, 0.3) is 0 Å². The zero-order valence-corrected chi connectivity index (χ0v) is 13.8. The number of nitrogens with one attached hydrogen (secondary N) is 1. The van der Waals surface area contributed by atoms with Crippen molar-refractivity contribution in [2.24, 2.45) is 0 Å². The summed E-state index contributed by atoms with van der Waals surface area (Å²) >= 11 is 0. The molecule has 1 unspecified atom stereocenters. The largest absolute Gasteiger partial charge is 0.467 e. The van der Waals surface area contributed by atoms with Gasteiger partial charge in [-0.3, -0.25) is 0 Å². The summed E-state index contributed by atoms with van der Waals surface area (Å²) in [5.41, 5.74) is 1.65. The molecule has 1 aliphatic heterocycles.